The third kappa shape index (κ3) is 3.62. The monoisotopic (exact) mass is 316 g/mol. The van der Waals surface area contributed by atoms with Crippen LogP contribution < -0.4 is 14.2 Å². The molecule has 0 fully saturated rings. The van der Waals surface area contributed by atoms with Crippen LogP contribution in [-0.4, -0.2) is 18.5 Å². The largest absolute Gasteiger partial charge is 0.490 e. The lowest BCUT2D eigenvalue weighted by Crippen LogP contribution is -2.07. The Labute approximate surface area is 135 Å². The minimum absolute atomic E-state index is 0.341. The summed E-state index contributed by atoms with van der Waals surface area (Å²) in [6.07, 6.45) is 0. The van der Waals surface area contributed by atoms with Crippen LogP contribution in [0.5, 0.6) is 17.2 Å². The first kappa shape index (κ1) is 16.8. The zero-order chi connectivity index (χ0) is 17.1. The van der Waals surface area contributed by atoms with Crippen LogP contribution in [0, 0.1) is 13.8 Å². The average molecular weight is 316 g/mol. The molecule has 0 unspecified atom stereocenters. The number of fused-ring (bicyclic) bond motifs is 1. The molecule has 122 valence electrons. The van der Waals surface area contributed by atoms with Gasteiger partial charge in [-0.15, -0.1) is 0 Å². The lowest BCUT2D eigenvalue weighted by molar-refractivity contribution is -0.133. The third-order valence-electron chi connectivity index (χ3n) is 3.43. The van der Waals surface area contributed by atoms with Crippen molar-refractivity contribution < 1.29 is 23.8 Å². The number of carbonyl (C=O) groups excluding carboxylic acids is 2. The summed E-state index contributed by atoms with van der Waals surface area (Å²) in [5.41, 5.74) is 2.08. The lowest BCUT2D eigenvalue weighted by atomic mass is 10.0. The van der Waals surface area contributed by atoms with Crippen molar-refractivity contribution in [3.05, 3.63) is 29.3 Å². The number of esters is 2. The Hall–Kier alpha value is -2.56. The van der Waals surface area contributed by atoms with E-state index in [2.05, 4.69) is 0 Å². The van der Waals surface area contributed by atoms with Crippen LogP contribution in [0.3, 0.4) is 0 Å². The van der Waals surface area contributed by atoms with E-state index in [0.717, 1.165) is 11.1 Å². The molecule has 0 atom stereocenters. The quantitative estimate of drug-likeness (QED) is 0.635. The van der Waals surface area contributed by atoms with Gasteiger partial charge in [-0.1, -0.05) is 0 Å². The summed E-state index contributed by atoms with van der Waals surface area (Å²) >= 11 is 0. The number of hydrogen-bond acceptors (Lipinski definition) is 5. The molecule has 0 N–H and O–H groups in total. The fourth-order valence-electron chi connectivity index (χ4n) is 2.35. The second-order valence-electron chi connectivity index (χ2n) is 5.30. The SMILES string of the molecule is CCOc1cc(OC(C)=O)c2cc(C)c(C)cc2c1OC(C)=O. The molecule has 2 rings (SSSR count). The van der Waals surface area contributed by atoms with Crippen LogP contribution in [0.25, 0.3) is 10.8 Å². The van der Waals surface area contributed by atoms with Crippen LogP contribution in [0.4, 0.5) is 0 Å². The molecule has 0 amide bonds. The van der Waals surface area contributed by atoms with E-state index in [-0.39, 0.29) is 0 Å². The molecule has 0 bridgehead atoms. The van der Waals surface area contributed by atoms with Gasteiger partial charge in [0.05, 0.1) is 6.61 Å². The number of rotatable bonds is 4. The Balaban J connectivity index is 2.83. The highest BCUT2D eigenvalue weighted by molar-refractivity contribution is 5.99. The molecule has 5 heteroatoms. The van der Waals surface area contributed by atoms with Crippen LogP contribution >= 0.6 is 0 Å². The van der Waals surface area contributed by atoms with Gasteiger partial charge >= 0.3 is 11.9 Å². The van der Waals surface area contributed by atoms with E-state index in [1.165, 1.54) is 13.8 Å². The first-order valence-corrected chi connectivity index (χ1v) is 7.41. The minimum Gasteiger partial charge on any atom is -0.490 e. The number of carbonyl (C=O) groups is 2. The zero-order valence-electron chi connectivity index (χ0n) is 14.0. The van der Waals surface area contributed by atoms with E-state index in [0.29, 0.717) is 34.6 Å². The van der Waals surface area contributed by atoms with E-state index in [1.54, 1.807) is 6.07 Å². The summed E-state index contributed by atoms with van der Waals surface area (Å²) in [5, 5.41) is 1.37. The summed E-state index contributed by atoms with van der Waals surface area (Å²) in [7, 11) is 0. The summed E-state index contributed by atoms with van der Waals surface area (Å²) in [4.78, 5) is 22.9. The van der Waals surface area contributed by atoms with Gasteiger partial charge in [0.2, 0.25) is 0 Å². The second-order valence-corrected chi connectivity index (χ2v) is 5.30. The first-order valence-electron chi connectivity index (χ1n) is 7.41. The van der Waals surface area contributed by atoms with Crippen molar-refractivity contribution in [2.75, 3.05) is 6.61 Å². The van der Waals surface area contributed by atoms with Crippen molar-refractivity contribution in [3.8, 4) is 17.2 Å². The van der Waals surface area contributed by atoms with Gasteiger partial charge in [0.1, 0.15) is 5.75 Å². The van der Waals surface area contributed by atoms with E-state index in [4.69, 9.17) is 14.2 Å². The van der Waals surface area contributed by atoms with E-state index < -0.39 is 11.9 Å². The highest BCUT2D eigenvalue weighted by Gasteiger charge is 2.19. The molecule has 0 heterocycles. The number of ether oxygens (including phenoxy) is 3. The Kier molecular flexibility index (Phi) is 4.89. The Bertz CT molecular complexity index is 777. The molecule has 23 heavy (non-hydrogen) atoms. The van der Waals surface area contributed by atoms with E-state index >= 15 is 0 Å². The maximum absolute atomic E-state index is 11.5. The van der Waals surface area contributed by atoms with Gasteiger partial charge < -0.3 is 14.2 Å². The number of aryl methyl sites for hydroxylation is 2. The van der Waals surface area contributed by atoms with Crippen molar-refractivity contribution in [3.63, 3.8) is 0 Å². The van der Waals surface area contributed by atoms with Gasteiger partial charge in [0.25, 0.3) is 0 Å². The minimum atomic E-state index is -0.439. The average Bonchev–Trinajstić information content (AvgIpc) is 2.44. The van der Waals surface area contributed by atoms with Crippen LogP contribution in [0.15, 0.2) is 18.2 Å². The van der Waals surface area contributed by atoms with Crippen LogP contribution in [-0.2, 0) is 9.59 Å². The van der Waals surface area contributed by atoms with Gasteiger partial charge in [0.15, 0.2) is 11.5 Å². The molecular weight excluding hydrogens is 296 g/mol. The Morgan fingerprint density at radius 1 is 0.870 bits per heavy atom. The van der Waals surface area contributed by atoms with Gasteiger partial charge in [0, 0.05) is 30.7 Å². The van der Waals surface area contributed by atoms with Crippen LogP contribution in [0.1, 0.15) is 31.9 Å². The van der Waals surface area contributed by atoms with Crippen molar-refractivity contribution in [2.45, 2.75) is 34.6 Å². The van der Waals surface area contributed by atoms with Crippen molar-refractivity contribution in [1.82, 2.24) is 0 Å². The molecule has 2 aromatic carbocycles. The fourth-order valence-corrected chi connectivity index (χ4v) is 2.35. The molecule has 0 saturated carbocycles. The first-order chi connectivity index (χ1) is 10.8. The van der Waals surface area contributed by atoms with Crippen molar-refractivity contribution >= 4 is 22.7 Å². The third-order valence-corrected chi connectivity index (χ3v) is 3.43. The van der Waals surface area contributed by atoms with E-state index in [9.17, 15) is 9.59 Å². The molecule has 2 aromatic rings. The Morgan fingerprint density at radius 2 is 1.43 bits per heavy atom. The van der Waals surface area contributed by atoms with Crippen molar-refractivity contribution in [1.29, 1.82) is 0 Å². The predicted molar refractivity (Wildman–Crippen MR) is 87.2 cm³/mol. The fraction of sp³-hybridized carbons (Fsp3) is 0.333. The second kappa shape index (κ2) is 6.69. The van der Waals surface area contributed by atoms with Gasteiger partial charge in [-0.3, -0.25) is 9.59 Å². The van der Waals surface area contributed by atoms with Gasteiger partial charge in [-0.25, -0.2) is 0 Å². The summed E-state index contributed by atoms with van der Waals surface area (Å²) in [6.45, 7) is 8.83. The molecule has 0 aliphatic carbocycles. The lowest BCUT2D eigenvalue weighted by Gasteiger charge is -2.16. The molecule has 0 aliphatic rings. The molecule has 0 aromatic heterocycles. The highest BCUT2D eigenvalue weighted by atomic mass is 16.6. The molecule has 0 saturated heterocycles. The molecule has 0 spiro atoms. The molecular formula is C18H20O5. The number of hydrogen-bond donors (Lipinski definition) is 0. The molecule has 0 radical (unpaired) electrons. The maximum Gasteiger partial charge on any atom is 0.308 e. The number of benzene rings is 2. The van der Waals surface area contributed by atoms with Gasteiger partial charge in [-0.05, 0) is 44.0 Å². The van der Waals surface area contributed by atoms with E-state index in [1.807, 2.05) is 32.9 Å². The highest BCUT2D eigenvalue weighted by Crippen LogP contribution is 2.43. The maximum atomic E-state index is 11.5. The summed E-state index contributed by atoms with van der Waals surface area (Å²) in [5.74, 6) is 0.232. The van der Waals surface area contributed by atoms with Crippen LogP contribution in [0.2, 0.25) is 0 Å². The molecule has 0 aliphatic heterocycles. The standard InChI is InChI=1S/C18H20O5/c1-6-21-17-9-16(22-12(4)19)14-7-10(2)11(3)8-15(14)18(17)23-13(5)20/h7-9H,6H2,1-5H3. The normalized spacial score (nSPS) is 10.5. The zero-order valence-corrected chi connectivity index (χ0v) is 14.0. The summed E-state index contributed by atoms with van der Waals surface area (Å²) in [6, 6.07) is 5.39. The molecule has 5 nitrogen and oxygen atoms in total. The van der Waals surface area contributed by atoms with Gasteiger partial charge in [-0.2, -0.15) is 0 Å². The van der Waals surface area contributed by atoms with Crippen molar-refractivity contribution in [2.24, 2.45) is 0 Å². The Morgan fingerprint density at radius 3 is 1.96 bits per heavy atom. The summed E-state index contributed by atoms with van der Waals surface area (Å²) < 4.78 is 16.2. The predicted octanol–water partition coefficient (Wildman–Crippen LogP) is 3.71. The smallest absolute Gasteiger partial charge is 0.308 e. The topological polar surface area (TPSA) is 61.8 Å².